The largest absolute Gasteiger partial charge is 0.483 e. The first-order valence-corrected chi connectivity index (χ1v) is 9.56. The molecule has 1 aromatic heterocycles. The topological polar surface area (TPSA) is 42.4 Å². The lowest BCUT2D eigenvalue weighted by atomic mass is 10.0. The molecule has 0 radical (unpaired) electrons. The Morgan fingerprint density at radius 1 is 0.964 bits per heavy atom. The van der Waals surface area contributed by atoms with Gasteiger partial charge >= 0.3 is 0 Å². The maximum Gasteiger partial charge on any atom is 0.261 e. The van der Waals surface area contributed by atoms with Gasteiger partial charge < -0.3 is 9.64 Å². The van der Waals surface area contributed by atoms with Crippen molar-refractivity contribution in [1.82, 2.24) is 9.88 Å². The molecule has 144 valence electrons. The minimum absolute atomic E-state index is 0.0181. The Bertz CT molecular complexity index is 879. The van der Waals surface area contributed by atoms with E-state index in [1.165, 1.54) is 5.56 Å². The van der Waals surface area contributed by atoms with Crippen molar-refractivity contribution in [1.29, 1.82) is 0 Å². The molecule has 1 heterocycles. The Morgan fingerprint density at radius 2 is 1.68 bits per heavy atom. The van der Waals surface area contributed by atoms with Gasteiger partial charge in [-0.3, -0.25) is 9.78 Å². The average Bonchev–Trinajstić information content (AvgIpc) is 2.72. The van der Waals surface area contributed by atoms with Crippen LogP contribution in [0.15, 0.2) is 79.1 Å². The van der Waals surface area contributed by atoms with Crippen molar-refractivity contribution in [3.8, 4) is 5.75 Å². The van der Waals surface area contributed by atoms with Gasteiger partial charge in [0.1, 0.15) is 5.75 Å². The highest BCUT2D eigenvalue weighted by Gasteiger charge is 2.18. The summed E-state index contributed by atoms with van der Waals surface area (Å²) in [5.41, 5.74) is 3.30. The van der Waals surface area contributed by atoms with E-state index in [9.17, 15) is 4.79 Å². The van der Waals surface area contributed by atoms with Crippen LogP contribution in [0.25, 0.3) is 0 Å². The monoisotopic (exact) mass is 374 g/mol. The average molecular weight is 374 g/mol. The SMILES string of the molecule is CC(C)N(Cc1cccnc1)C(=O)COc1ccccc1Cc1ccccc1. The van der Waals surface area contributed by atoms with Crippen LogP contribution in [0, 0.1) is 0 Å². The second kappa shape index (κ2) is 9.70. The van der Waals surface area contributed by atoms with Crippen molar-refractivity contribution in [3.05, 3.63) is 95.8 Å². The van der Waals surface area contributed by atoms with E-state index in [1.54, 1.807) is 12.4 Å². The fourth-order valence-electron chi connectivity index (χ4n) is 3.08. The maximum absolute atomic E-state index is 12.8. The summed E-state index contributed by atoms with van der Waals surface area (Å²) in [6.45, 7) is 4.57. The molecule has 0 spiro atoms. The van der Waals surface area contributed by atoms with Crippen molar-refractivity contribution >= 4 is 5.91 Å². The number of hydrogen-bond donors (Lipinski definition) is 0. The summed E-state index contributed by atoms with van der Waals surface area (Å²) >= 11 is 0. The first-order valence-electron chi connectivity index (χ1n) is 9.56. The molecule has 0 atom stereocenters. The molecule has 4 heteroatoms. The molecule has 4 nitrogen and oxygen atoms in total. The lowest BCUT2D eigenvalue weighted by Crippen LogP contribution is -2.39. The molecule has 0 fully saturated rings. The van der Waals surface area contributed by atoms with E-state index < -0.39 is 0 Å². The minimum atomic E-state index is -0.0339. The van der Waals surface area contributed by atoms with Crippen LogP contribution in [0.3, 0.4) is 0 Å². The number of hydrogen-bond acceptors (Lipinski definition) is 3. The first kappa shape index (κ1) is 19.6. The van der Waals surface area contributed by atoms with E-state index >= 15 is 0 Å². The molecule has 3 rings (SSSR count). The molecule has 0 unspecified atom stereocenters. The summed E-state index contributed by atoms with van der Waals surface area (Å²) in [7, 11) is 0. The van der Waals surface area contributed by atoms with Crippen molar-refractivity contribution in [2.45, 2.75) is 32.9 Å². The predicted molar refractivity (Wildman–Crippen MR) is 111 cm³/mol. The molecule has 0 bridgehead atoms. The van der Waals surface area contributed by atoms with Gasteiger partial charge in [-0.05, 0) is 42.7 Å². The van der Waals surface area contributed by atoms with E-state index in [-0.39, 0.29) is 18.6 Å². The molecule has 3 aromatic rings. The van der Waals surface area contributed by atoms with Crippen LogP contribution >= 0.6 is 0 Å². The molecule has 0 saturated heterocycles. The molecule has 2 aromatic carbocycles. The highest BCUT2D eigenvalue weighted by atomic mass is 16.5. The molecule has 0 aliphatic heterocycles. The van der Waals surface area contributed by atoms with Crippen LogP contribution in [-0.2, 0) is 17.8 Å². The number of pyridine rings is 1. The van der Waals surface area contributed by atoms with Crippen molar-refractivity contribution in [2.24, 2.45) is 0 Å². The number of aromatic nitrogens is 1. The van der Waals surface area contributed by atoms with E-state index in [0.717, 1.165) is 23.3 Å². The Hall–Kier alpha value is -3.14. The zero-order valence-electron chi connectivity index (χ0n) is 16.4. The fraction of sp³-hybridized carbons (Fsp3) is 0.250. The van der Waals surface area contributed by atoms with Gasteiger partial charge in [-0.1, -0.05) is 54.6 Å². The number of rotatable bonds is 8. The lowest BCUT2D eigenvalue weighted by molar-refractivity contribution is -0.135. The van der Waals surface area contributed by atoms with E-state index in [0.29, 0.717) is 6.54 Å². The van der Waals surface area contributed by atoms with Gasteiger partial charge in [-0.25, -0.2) is 0 Å². The number of benzene rings is 2. The van der Waals surface area contributed by atoms with Gasteiger partial charge in [0.05, 0.1) is 0 Å². The van der Waals surface area contributed by atoms with Crippen molar-refractivity contribution in [2.75, 3.05) is 6.61 Å². The number of amides is 1. The minimum Gasteiger partial charge on any atom is -0.483 e. The van der Waals surface area contributed by atoms with E-state index in [1.807, 2.05) is 73.3 Å². The molecular formula is C24H26N2O2. The standard InChI is InChI=1S/C24H26N2O2/c1-19(2)26(17-21-11-8-14-25-16-21)24(27)18-28-23-13-7-6-12-22(23)15-20-9-4-3-5-10-20/h3-14,16,19H,15,17-18H2,1-2H3. The summed E-state index contributed by atoms with van der Waals surface area (Å²) in [6, 6.07) is 22.1. The third-order valence-corrected chi connectivity index (χ3v) is 4.58. The highest BCUT2D eigenvalue weighted by molar-refractivity contribution is 5.78. The van der Waals surface area contributed by atoms with Crippen LogP contribution in [0.4, 0.5) is 0 Å². The molecule has 0 aliphatic rings. The summed E-state index contributed by atoms with van der Waals surface area (Å²) in [4.78, 5) is 18.8. The molecule has 0 saturated carbocycles. The molecule has 28 heavy (non-hydrogen) atoms. The second-order valence-electron chi connectivity index (χ2n) is 7.04. The molecule has 0 N–H and O–H groups in total. The fourth-order valence-corrected chi connectivity index (χ4v) is 3.08. The Morgan fingerprint density at radius 3 is 2.39 bits per heavy atom. The third kappa shape index (κ3) is 5.43. The Balaban J connectivity index is 1.66. The predicted octanol–water partition coefficient (Wildman–Crippen LogP) is 4.49. The van der Waals surface area contributed by atoms with Gasteiger partial charge in [0.25, 0.3) is 5.91 Å². The number of carbonyl (C=O) groups is 1. The van der Waals surface area contributed by atoms with Crippen LogP contribution in [-0.4, -0.2) is 28.4 Å². The summed E-state index contributed by atoms with van der Waals surface area (Å²) in [5.74, 6) is 0.721. The Labute approximate surface area is 166 Å². The molecule has 0 aliphatic carbocycles. The van der Waals surface area contributed by atoms with Gasteiger partial charge in [0.2, 0.25) is 0 Å². The number of ether oxygens (including phenoxy) is 1. The summed E-state index contributed by atoms with van der Waals surface area (Å²) in [5, 5.41) is 0. The quantitative estimate of drug-likeness (QED) is 0.583. The number of para-hydroxylation sites is 1. The van der Waals surface area contributed by atoms with E-state index in [4.69, 9.17) is 4.74 Å². The lowest BCUT2D eigenvalue weighted by Gasteiger charge is -2.27. The third-order valence-electron chi connectivity index (χ3n) is 4.58. The van der Waals surface area contributed by atoms with Crippen LogP contribution in [0.5, 0.6) is 5.75 Å². The van der Waals surface area contributed by atoms with Gasteiger partial charge in [-0.15, -0.1) is 0 Å². The molecule has 1 amide bonds. The second-order valence-corrected chi connectivity index (χ2v) is 7.04. The van der Waals surface area contributed by atoms with Gasteiger partial charge in [-0.2, -0.15) is 0 Å². The van der Waals surface area contributed by atoms with E-state index in [2.05, 4.69) is 17.1 Å². The molecular weight excluding hydrogens is 348 g/mol. The highest BCUT2D eigenvalue weighted by Crippen LogP contribution is 2.21. The van der Waals surface area contributed by atoms with Crippen molar-refractivity contribution in [3.63, 3.8) is 0 Å². The summed E-state index contributed by atoms with van der Waals surface area (Å²) < 4.78 is 5.93. The van der Waals surface area contributed by atoms with Gasteiger partial charge in [0, 0.05) is 31.4 Å². The van der Waals surface area contributed by atoms with Crippen molar-refractivity contribution < 1.29 is 9.53 Å². The zero-order chi connectivity index (χ0) is 19.8. The summed E-state index contributed by atoms with van der Waals surface area (Å²) in [6.07, 6.45) is 4.30. The van der Waals surface area contributed by atoms with Crippen LogP contribution in [0.1, 0.15) is 30.5 Å². The smallest absolute Gasteiger partial charge is 0.261 e. The zero-order valence-corrected chi connectivity index (χ0v) is 16.4. The first-order chi connectivity index (χ1) is 13.6. The number of carbonyl (C=O) groups excluding carboxylic acids is 1. The normalized spacial score (nSPS) is 10.7. The maximum atomic E-state index is 12.8. The Kier molecular flexibility index (Phi) is 6.79. The van der Waals surface area contributed by atoms with Crippen LogP contribution in [0.2, 0.25) is 0 Å². The van der Waals surface area contributed by atoms with Gasteiger partial charge in [0.15, 0.2) is 6.61 Å². The van der Waals surface area contributed by atoms with Crippen LogP contribution < -0.4 is 4.74 Å². The number of nitrogens with zero attached hydrogens (tertiary/aromatic N) is 2.